The fourth-order valence-corrected chi connectivity index (χ4v) is 1.96. The van der Waals surface area contributed by atoms with Gasteiger partial charge in [0, 0.05) is 12.7 Å². The van der Waals surface area contributed by atoms with Crippen molar-refractivity contribution < 1.29 is 18.4 Å². The van der Waals surface area contributed by atoms with Gasteiger partial charge in [-0.25, -0.2) is 13.8 Å². The normalized spacial score (nSPS) is 10.3. The minimum Gasteiger partial charge on any atom is -0.328 e. The Morgan fingerprint density at radius 2 is 1.83 bits per heavy atom. The monoisotopic (exact) mass is 334 g/mol. The number of nitrogens with one attached hydrogen (secondary N) is 1. The molecule has 0 unspecified atom stereocenters. The molecule has 1 heterocycles. The maximum atomic E-state index is 13.5. The van der Waals surface area contributed by atoms with Gasteiger partial charge in [0.15, 0.2) is 0 Å². The van der Waals surface area contributed by atoms with Crippen LogP contribution < -0.4 is 5.32 Å². The second-order valence-electron chi connectivity index (χ2n) is 5.01. The van der Waals surface area contributed by atoms with Gasteiger partial charge in [0.25, 0.3) is 5.91 Å². The van der Waals surface area contributed by atoms with Gasteiger partial charge in [-0.2, -0.15) is 0 Å². The fraction of sp³-hybridized carbons (Fsp3) is 0.250. The molecule has 0 bridgehead atoms. The molecule has 0 fully saturated rings. The van der Waals surface area contributed by atoms with E-state index in [2.05, 4.69) is 15.3 Å². The zero-order valence-corrected chi connectivity index (χ0v) is 13.2. The molecule has 0 aliphatic heterocycles. The van der Waals surface area contributed by atoms with Crippen molar-refractivity contribution in [2.24, 2.45) is 0 Å². The number of hydrogen-bond donors (Lipinski definition) is 1. The standard InChI is InChI=1S/C16H16F2N4O2/c1-3-22(16(24)13-8-19-10(2)7-20-13)9-14(23)21-15-11(17)5-4-6-12(15)18/h4-8H,3,9H2,1-2H3,(H,21,23). The molecule has 126 valence electrons. The molecule has 1 N–H and O–H groups in total. The number of anilines is 1. The minimum atomic E-state index is -0.887. The van der Waals surface area contributed by atoms with E-state index in [9.17, 15) is 18.4 Å². The van der Waals surface area contributed by atoms with Gasteiger partial charge in [0.1, 0.15) is 29.6 Å². The number of nitrogens with zero attached hydrogens (tertiary/aromatic N) is 3. The molecule has 0 radical (unpaired) electrons. The molecule has 24 heavy (non-hydrogen) atoms. The number of likely N-dealkylation sites (N-methyl/N-ethyl adjacent to an activating group) is 1. The molecular weight excluding hydrogens is 318 g/mol. The van der Waals surface area contributed by atoms with Crippen molar-refractivity contribution in [1.29, 1.82) is 0 Å². The fourth-order valence-electron chi connectivity index (χ4n) is 1.96. The van der Waals surface area contributed by atoms with Gasteiger partial charge < -0.3 is 10.2 Å². The van der Waals surface area contributed by atoms with E-state index in [1.807, 2.05) is 0 Å². The summed E-state index contributed by atoms with van der Waals surface area (Å²) in [5.41, 5.74) is 0.204. The molecule has 0 aliphatic carbocycles. The second-order valence-corrected chi connectivity index (χ2v) is 5.01. The summed E-state index contributed by atoms with van der Waals surface area (Å²) in [6.45, 7) is 3.27. The number of carbonyl (C=O) groups is 2. The summed E-state index contributed by atoms with van der Waals surface area (Å²) < 4.78 is 27.1. The third-order valence-electron chi connectivity index (χ3n) is 3.23. The van der Waals surface area contributed by atoms with E-state index in [1.54, 1.807) is 13.8 Å². The van der Waals surface area contributed by atoms with Crippen molar-refractivity contribution in [3.05, 3.63) is 53.6 Å². The Morgan fingerprint density at radius 3 is 2.38 bits per heavy atom. The first kappa shape index (κ1) is 17.5. The lowest BCUT2D eigenvalue weighted by atomic mass is 10.3. The molecular formula is C16H16F2N4O2. The lowest BCUT2D eigenvalue weighted by Gasteiger charge is -2.20. The van der Waals surface area contributed by atoms with Crippen molar-refractivity contribution in [3.8, 4) is 0 Å². The highest BCUT2D eigenvalue weighted by molar-refractivity contribution is 5.98. The summed E-state index contributed by atoms with van der Waals surface area (Å²) in [5, 5.41) is 2.14. The minimum absolute atomic E-state index is 0.0901. The van der Waals surface area contributed by atoms with Crippen LogP contribution >= 0.6 is 0 Å². The third-order valence-corrected chi connectivity index (χ3v) is 3.23. The lowest BCUT2D eigenvalue weighted by molar-refractivity contribution is -0.116. The Labute approximate surface area is 137 Å². The molecule has 0 spiro atoms. The van der Waals surface area contributed by atoms with Gasteiger partial charge in [-0.05, 0) is 26.0 Å². The Balaban J connectivity index is 2.08. The number of amides is 2. The van der Waals surface area contributed by atoms with Gasteiger partial charge in [0.05, 0.1) is 11.9 Å². The molecule has 0 aliphatic rings. The van der Waals surface area contributed by atoms with Gasteiger partial charge >= 0.3 is 0 Å². The first-order valence-corrected chi connectivity index (χ1v) is 7.24. The van der Waals surface area contributed by atoms with Gasteiger partial charge in [-0.3, -0.25) is 14.6 Å². The van der Waals surface area contributed by atoms with Crippen molar-refractivity contribution >= 4 is 17.5 Å². The van der Waals surface area contributed by atoms with Crippen LogP contribution in [0.5, 0.6) is 0 Å². The molecule has 8 heteroatoms. The molecule has 0 saturated heterocycles. The van der Waals surface area contributed by atoms with E-state index in [0.717, 1.165) is 12.1 Å². The van der Waals surface area contributed by atoms with Crippen LogP contribution in [0.25, 0.3) is 0 Å². The molecule has 1 aromatic carbocycles. The van der Waals surface area contributed by atoms with E-state index in [0.29, 0.717) is 5.69 Å². The van der Waals surface area contributed by atoms with Gasteiger partial charge in [-0.1, -0.05) is 6.07 Å². The Hall–Kier alpha value is -2.90. The number of para-hydroxylation sites is 1. The number of halogens is 2. The van der Waals surface area contributed by atoms with Gasteiger partial charge in [0.2, 0.25) is 5.91 Å². The van der Waals surface area contributed by atoms with Crippen LogP contribution in [0, 0.1) is 18.6 Å². The number of hydrogen-bond acceptors (Lipinski definition) is 4. The number of aromatic nitrogens is 2. The Bertz CT molecular complexity index is 730. The van der Waals surface area contributed by atoms with Crippen LogP contribution in [0.2, 0.25) is 0 Å². The van der Waals surface area contributed by atoms with E-state index < -0.39 is 29.1 Å². The number of benzene rings is 1. The van der Waals surface area contributed by atoms with Crippen molar-refractivity contribution in [1.82, 2.24) is 14.9 Å². The SMILES string of the molecule is CCN(CC(=O)Nc1c(F)cccc1F)C(=O)c1cnc(C)cn1. The number of carbonyl (C=O) groups excluding carboxylic acids is 2. The van der Waals surface area contributed by atoms with E-state index >= 15 is 0 Å². The highest BCUT2D eigenvalue weighted by Gasteiger charge is 2.20. The van der Waals surface area contributed by atoms with Crippen LogP contribution in [0.4, 0.5) is 14.5 Å². The third kappa shape index (κ3) is 4.09. The first-order chi connectivity index (χ1) is 11.4. The summed E-state index contributed by atoms with van der Waals surface area (Å²) in [4.78, 5) is 33.4. The first-order valence-electron chi connectivity index (χ1n) is 7.24. The molecule has 2 rings (SSSR count). The predicted octanol–water partition coefficient (Wildman–Crippen LogP) is 2.16. The Kier molecular flexibility index (Phi) is 5.51. The Morgan fingerprint density at radius 1 is 1.17 bits per heavy atom. The van der Waals surface area contributed by atoms with Crippen molar-refractivity contribution in [2.45, 2.75) is 13.8 Å². The van der Waals surface area contributed by atoms with Crippen LogP contribution in [0.15, 0.2) is 30.6 Å². The quantitative estimate of drug-likeness (QED) is 0.909. The lowest BCUT2D eigenvalue weighted by Crippen LogP contribution is -2.38. The van der Waals surface area contributed by atoms with E-state index in [1.165, 1.54) is 23.4 Å². The smallest absolute Gasteiger partial charge is 0.274 e. The molecule has 6 nitrogen and oxygen atoms in total. The molecule has 2 amide bonds. The van der Waals surface area contributed by atoms with Crippen LogP contribution in [-0.2, 0) is 4.79 Å². The van der Waals surface area contributed by atoms with Crippen LogP contribution in [0.1, 0.15) is 23.1 Å². The summed E-state index contributed by atoms with van der Waals surface area (Å²) in [6.07, 6.45) is 2.75. The van der Waals surface area contributed by atoms with Crippen molar-refractivity contribution in [2.75, 3.05) is 18.4 Å². The topological polar surface area (TPSA) is 75.2 Å². The number of rotatable bonds is 5. The highest BCUT2D eigenvalue weighted by atomic mass is 19.1. The average molecular weight is 334 g/mol. The molecule has 1 aromatic heterocycles. The molecule has 0 atom stereocenters. The van der Waals surface area contributed by atoms with Crippen LogP contribution in [0.3, 0.4) is 0 Å². The number of aryl methyl sites for hydroxylation is 1. The molecule has 2 aromatic rings. The summed E-state index contributed by atoms with van der Waals surface area (Å²) in [6, 6.07) is 3.25. The maximum Gasteiger partial charge on any atom is 0.274 e. The van der Waals surface area contributed by atoms with E-state index in [-0.39, 0.29) is 18.8 Å². The summed E-state index contributed by atoms with van der Waals surface area (Å²) in [7, 11) is 0. The van der Waals surface area contributed by atoms with E-state index in [4.69, 9.17) is 0 Å². The average Bonchev–Trinajstić information content (AvgIpc) is 2.56. The second kappa shape index (κ2) is 7.58. The molecule has 0 saturated carbocycles. The van der Waals surface area contributed by atoms with Gasteiger partial charge in [-0.15, -0.1) is 0 Å². The largest absolute Gasteiger partial charge is 0.328 e. The van der Waals surface area contributed by atoms with Crippen molar-refractivity contribution in [3.63, 3.8) is 0 Å². The highest BCUT2D eigenvalue weighted by Crippen LogP contribution is 2.17. The summed E-state index contributed by atoms with van der Waals surface area (Å²) in [5.74, 6) is -2.98. The summed E-state index contributed by atoms with van der Waals surface area (Å²) >= 11 is 0. The zero-order chi connectivity index (χ0) is 17.7. The predicted molar refractivity (Wildman–Crippen MR) is 83.3 cm³/mol. The maximum absolute atomic E-state index is 13.5. The zero-order valence-electron chi connectivity index (χ0n) is 13.2. The van der Waals surface area contributed by atoms with Crippen LogP contribution in [-0.4, -0.2) is 39.8 Å².